The molecule has 2 N–H and O–H groups in total. The SMILES string of the molecule is CC(C)N=C(N)N1CCOC(C)C1. The summed E-state index contributed by atoms with van der Waals surface area (Å²) < 4.78 is 5.41. The molecule has 0 aliphatic carbocycles. The topological polar surface area (TPSA) is 50.8 Å². The number of rotatable bonds is 1. The van der Waals surface area contributed by atoms with Crippen molar-refractivity contribution in [3.8, 4) is 0 Å². The highest BCUT2D eigenvalue weighted by atomic mass is 16.5. The van der Waals surface area contributed by atoms with Gasteiger partial charge in [0, 0.05) is 19.1 Å². The second-order valence-corrected chi connectivity index (χ2v) is 3.71. The molecule has 0 radical (unpaired) electrons. The van der Waals surface area contributed by atoms with E-state index in [9.17, 15) is 0 Å². The van der Waals surface area contributed by atoms with Crippen LogP contribution in [0.2, 0.25) is 0 Å². The average molecular weight is 185 g/mol. The molecule has 0 aromatic rings. The first kappa shape index (κ1) is 10.3. The molecule has 1 atom stereocenters. The average Bonchev–Trinajstić information content (AvgIpc) is 2.03. The van der Waals surface area contributed by atoms with Crippen molar-refractivity contribution < 1.29 is 4.74 Å². The molecule has 0 amide bonds. The fourth-order valence-corrected chi connectivity index (χ4v) is 1.37. The van der Waals surface area contributed by atoms with E-state index in [1.54, 1.807) is 0 Å². The van der Waals surface area contributed by atoms with Crippen LogP contribution in [0, 0.1) is 0 Å². The van der Waals surface area contributed by atoms with E-state index >= 15 is 0 Å². The lowest BCUT2D eigenvalue weighted by atomic mass is 10.3. The number of nitrogens with two attached hydrogens (primary N) is 1. The van der Waals surface area contributed by atoms with Crippen molar-refractivity contribution in [2.75, 3.05) is 19.7 Å². The summed E-state index contributed by atoms with van der Waals surface area (Å²) in [5, 5.41) is 0. The van der Waals surface area contributed by atoms with Gasteiger partial charge in [0.05, 0.1) is 12.7 Å². The molecule has 4 heteroatoms. The maximum atomic E-state index is 5.83. The van der Waals surface area contributed by atoms with Gasteiger partial charge in [-0.2, -0.15) is 0 Å². The third-order valence-electron chi connectivity index (χ3n) is 1.96. The molecule has 13 heavy (non-hydrogen) atoms. The zero-order chi connectivity index (χ0) is 9.84. The minimum atomic E-state index is 0.259. The summed E-state index contributed by atoms with van der Waals surface area (Å²) in [5.74, 6) is 0.644. The van der Waals surface area contributed by atoms with Crippen molar-refractivity contribution in [1.29, 1.82) is 0 Å². The summed E-state index contributed by atoms with van der Waals surface area (Å²) in [6.45, 7) is 8.55. The maximum Gasteiger partial charge on any atom is 0.191 e. The predicted octanol–water partition coefficient (Wildman–Crippen LogP) is 0.430. The molecule has 76 valence electrons. The monoisotopic (exact) mass is 185 g/mol. The molecule has 0 saturated carbocycles. The van der Waals surface area contributed by atoms with Gasteiger partial charge in [-0.15, -0.1) is 0 Å². The third-order valence-corrected chi connectivity index (χ3v) is 1.96. The van der Waals surface area contributed by atoms with Crippen LogP contribution in [0.25, 0.3) is 0 Å². The molecule has 4 nitrogen and oxygen atoms in total. The van der Waals surface area contributed by atoms with E-state index in [-0.39, 0.29) is 12.1 Å². The van der Waals surface area contributed by atoms with Crippen LogP contribution in [0.4, 0.5) is 0 Å². The standard InChI is InChI=1S/C9H19N3O/c1-7(2)11-9(10)12-4-5-13-8(3)6-12/h7-8H,4-6H2,1-3H3,(H2,10,11). The van der Waals surface area contributed by atoms with E-state index in [4.69, 9.17) is 10.5 Å². The Bertz CT molecular complexity index is 191. The molecule has 0 bridgehead atoms. The predicted molar refractivity (Wildman–Crippen MR) is 53.7 cm³/mol. The second kappa shape index (κ2) is 4.46. The third kappa shape index (κ3) is 3.22. The number of nitrogens with zero attached hydrogens (tertiary/aromatic N) is 2. The molecule has 0 aromatic carbocycles. The minimum absolute atomic E-state index is 0.259. The quantitative estimate of drug-likeness (QED) is 0.476. The van der Waals surface area contributed by atoms with Crippen LogP contribution < -0.4 is 5.73 Å². The van der Waals surface area contributed by atoms with Gasteiger partial charge in [-0.3, -0.25) is 4.99 Å². The number of aliphatic imine (C=N–C) groups is 1. The fraction of sp³-hybridized carbons (Fsp3) is 0.889. The van der Waals surface area contributed by atoms with Crippen molar-refractivity contribution in [1.82, 2.24) is 4.90 Å². The van der Waals surface area contributed by atoms with Gasteiger partial charge in [0.1, 0.15) is 0 Å². The number of hydrogen-bond acceptors (Lipinski definition) is 2. The highest BCUT2D eigenvalue weighted by Crippen LogP contribution is 2.04. The lowest BCUT2D eigenvalue weighted by molar-refractivity contribution is 0.00524. The highest BCUT2D eigenvalue weighted by molar-refractivity contribution is 5.78. The fourth-order valence-electron chi connectivity index (χ4n) is 1.37. The Morgan fingerprint density at radius 2 is 2.31 bits per heavy atom. The van der Waals surface area contributed by atoms with E-state index in [0.29, 0.717) is 5.96 Å². The Morgan fingerprint density at radius 3 is 2.85 bits per heavy atom. The Labute approximate surface area is 79.8 Å². The lowest BCUT2D eigenvalue weighted by Crippen LogP contribution is -2.48. The van der Waals surface area contributed by atoms with E-state index in [1.165, 1.54) is 0 Å². The van der Waals surface area contributed by atoms with Gasteiger partial charge in [0.25, 0.3) is 0 Å². The Hall–Kier alpha value is -0.770. The molecule has 1 unspecified atom stereocenters. The Balaban J connectivity index is 2.50. The Morgan fingerprint density at radius 1 is 1.62 bits per heavy atom. The summed E-state index contributed by atoms with van der Waals surface area (Å²) in [6.07, 6.45) is 0.259. The molecule has 1 aliphatic rings. The van der Waals surface area contributed by atoms with Gasteiger partial charge in [-0.1, -0.05) is 0 Å². The summed E-state index contributed by atoms with van der Waals surface area (Å²) >= 11 is 0. The van der Waals surface area contributed by atoms with Gasteiger partial charge in [-0.25, -0.2) is 0 Å². The summed E-state index contributed by atoms with van der Waals surface area (Å²) in [5.41, 5.74) is 5.83. The van der Waals surface area contributed by atoms with Crippen LogP contribution in [-0.2, 0) is 4.74 Å². The first-order valence-electron chi connectivity index (χ1n) is 4.79. The van der Waals surface area contributed by atoms with E-state index in [0.717, 1.165) is 19.7 Å². The number of morpholine rings is 1. The number of hydrogen-bond donors (Lipinski definition) is 1. The molecule has 1 fully saturated rings. The maximum absolute atomic E-state index is 5.83. The second-order valence-electron chi connectivity index (χ2n) is 3.71. The zero-order valence-corrected chi connectivity index (χ0v) is 8.66. The molecule has 1 heterocycles. The van der Waals surface area contributed by atoms with Crippen molar-refractivity contribution in [3.63, 3.8) is 0 Å². The number of ether oxygens (including phenoxy) is 1. The van der Waals surface area contributed by atoms with E-state index in [1.807, 2.05) is 13.8 Å². The minimum Gasteiger partial charge on any atom is -0.375 e. The van der Waals surface area contributed by atoms with Crippen molar-refractivity contribution in [2.45, 2.75) is 32.9 Å². The van der Waals surface area contributed by atoms with Crippen molar-refractivity contribution in [3.05, 3.63) is 0 Å². The van der Waals surface area contributed by atoms with E-state index < -0.39 is 0 Å². The van der Waals surface area contributed by atoms with Gasteiger partial charge < -0.3 is 15.4 Å². The molecule has 1 saturated heterocycles. The normalized spacial score (nSPS) is 25.4. The van der Waals surface area contributed by atoms with Crippen LogP contribution >= 0.6 is 0 Å². The molecule has 0 spiro atoms. The first-order valence-corrected chi connectivity index (χ1v) is 4.79. The van der Waals surface area contributed by atoms with Crippen LogP contribution in [-0.4, -0.2) is 42.7 Å². The Kier molecular flexibility index (Phi) is 3.54. The zero-order valence-electron chi connectivity index (χ0n) is 8.66. The summed E-state index contributed by atoms with van der Waals surface area (Å²) in [4.78, 5) is 6.38. The van der Waals surface area contributed by atoms with Crippen LogP contribution in [0.1, 0.15) is 20.8 Å². The largest absolute Gasteiger partial charge is 0.375 e. The van der Waals surface area contributed by atoms with Crippen molar-refractivity contribution in [2.24, 2.45) is 10.7 Å². The van der Waals surface area contributed by atoms with Gasteiger partial charge >= 0.3 is 0 Å². The van der Waals surface area contributed by atoms with Crippen molar-refractivity contribution >= 4 is 5.96 Å². The molecule has 1 aliphatic heterocycles. The molecule has 1 rings (SSSR count). The molecular formula is C9H19N3O. The summed E-state index contributed by atoms with van der Waals surface area (Å²) in [6, 6.07) is 0.262. The highest BCUT2D eigenvalue weighted by Gasteiger charge is 2.17. The lowest BCUT2D eigenvalue weighted by Gasteiger charge is -2.32. The molecular weight excluding hydrogens is 166 g/mol. The van der Waals surface area contributed by atoms with Gasteiger partial charge in [-0.05, 0) is 20.8 Å². The van der Waals surface area contributed by atoms with E-state index in [2.05, 4.69) is 16.8 Å². The van der Waals surface area contributed by atoms with Crippen LogP contribution in [0.5, 0.6) is 0 Å². The van der Waals surface area contributed by atoms with Crippen LogP contribution in [0.15, 0.2) is 4.99 Å². The van der Waals surface area contributed by atoms with Gasteiger partial charge in [0.2, 0.25) is 0 Å². The smallest absolute Gasteiger partial charge is 0.191 e. The number of guanidine groups is 1. The molecule has 0 aromatic heterocycles. The first-order chi connectivity index (χ1) is 6.09. The van der Waals surface area contributed by atoms with Crippen LogP contribution in [0.3, 0.4) is 0 Å². The summed E-state index contributed by atoms with van der Waals surface area (Å²) in [7, 11) is 0. The van der Waals surface area contributed by atoms with Gasteiger partial charge in [0.15, 0.2) is 5.96 Å².